The maximum absolute atomic E-state index is 13.8. The van der Waals surface area contributed by atoms with Crippen molar-refractivity contribution in [2.75, 3.05) is 38.2 Å². The molecule has 6 nitrogen and oxygen atoms in total. The molecule has 2 heterocycles. The highest BCUT2D eigenvalue weighted by molar-refractivity contribution is 6.01. The number of carbonyl (C=O) groups excluding carboxylic acids is 2. The summed E-state index contributed by atoms with van der Waals surface area (Å²) in [6.07, 6.45) is 3.94. The lowest BCUT2D eigenvalue weighted by Gasteiger charge is -2.38. The van der Waals surface area contributed by atoms with Crippen molar-refractivity contribution in [1.82, 2.24) is 10.2 Å². The summed E-state index contributed by atoms with van der Waals surface area (Å²) in [6.45, 7) is 1.71. The molecule has 2 aromatic carbocycles. The number of nitrogens with zero attached hydrogens (tertiary/aromatic N) is 2. The van der Waals surface area contributed by atoms with E-state index >= 15 is 0 Å². The third-order valence-corrected chi connectivity index (χ3v) is 9.12. The number of hydrogen-bond donors (Lipinski definition) is 1. The van der Waals surface area contributed by atoms with Gasteiger partial charge in [0.05, 0.1) is 35.8 Å². The van der Waals surface area contributed by atoms with Crippen molar-refractivity contribution in [2.24, 2.45) is 5.92 Å². The monoisotopic (exact) mass is 567 g/mol. The third-order valence-electron chi connectivity index (χ3n) is 9.12. The van der Waals surface area contributed by atoms with E-state index in [1.807, 2.05) is 18.0 Å². The van der Waals surface area contributed by atoms with Crippen LogP contribution in [-0.2, 0) is 11.0 Å². The Bertz CT molecular complexity index is 1360. The first-order valence-electron chi connectivity index (χ1n) is 14.7. The fourth-order valence-corrected chi connectivity index (χ4v) is 7.01. The SMILES string of the molecule is CN1CC(=O)C(CNC(=O)c2cc(-c3ccc(C(F)(F)F)cc3)cc3c2OCCN3C2CCCC2)C2=C1CCCC2. The zero-order valence-corrected chi connectivity index (χ0v) is 23.4. The first-order valence-corrected chi connectivity index (χ1v) is 14.7. The lowest BCUT2D eigenvalue weighted by Crippen LogP contribution is -2.44. The molecule has 2 aromatic rings. The summed E-state index contributed by atoms with van der Waals surface area (Å²) in [5.74, 6) is -0.0653. The molecule has 0 saturated heterocycles. The molecule has 218 valence electrons. The highest BCUT2D eigenvalue weighted by Crippen LogP contribution is 2.43. The minimum Gasteiger partial charge on any atom is -0.489 e. The second-order valence-electron chi connectivity index (χ2n) is 11.7. The number of ether oxygens (including phenoxy) is 1. The fourth-order valence-electron chi connectivity index (χ4n) is 7.01. The predicted octanol–water partition coefficient (Wildman–Crippen LogP) is 6.20. The van der Waals surface area contributed by atoms with Crippen LogP contribution in [0.15, 0.2) is 47.7 Å². The third kappa shape index (κ3) is 5.43. The van der Waals surface area contributed by atoms with E-state index in [0.717, 1.165) is 74.8 Å². The van der Waals surface area contributed by atoms with Gasteiger partial charge in [-0.3, -0.25) is 9.59 Å². The van der Waals surface area contributed by atoms with Crippen molar-refractivity contribution in [1.29, 1.82) is 0 Å². The molecule has 1 atom stereocenters. The van der Waals surface area contributed by atoms with Gasteiger partial charge >= 0.3 is 6.18 Å². The summed E-state index contributed by atoms with van der Waals surface area (Å²) >= 11 is 0. The fraction of sp³-hybridized carbons (Fsp3) is 0.500. The van der Waals surface area contributed by atoms with Gasteiger partial charge in [-0.15, -0.1) is 0 Å². The van der Waals surface area contributed by atoms with E-state index in [4.69, 9.17) is 4.74 Å². The van der Waals surface area contributed by atoms with Gasteiger partial charge in [0.2, 0.25) is 0 Å². The average molecular weight is 568 g/mol. The van der Waals surface area contributed by atoms with Crippen molar-refractivity contribution >= 4 is 17.4 Å². The van der Waals surface area contributed by atoms with Crippen molar-refractivity contribution in [3.05, 3.63) is 58.8 Å². The normalized spacial score (nSPS) is 21.5. The summed E-state index contributed by atoms with van der Waals surface area (Å²) in [7, 11) is 1.96. The lowest BCUT2D eigenvalue weighted by atomic mass is 9.81. The van der Waals surface area contributed by atoms with Gasteiger partial charge in [-0.1, -0.05) is 25.0 Å². The molecule has 0 bridgehead atoms. The van der Waals surface area contributed by atoms with Gasteiger partial charge in [-0.25, -0.2) is 0 Å². The van der Waals surface area contributed by atoms with Crippen LogP contribution in [0.2, 0.25) is 0 Å². The van der Waals surface area contributed by atoms with Crippen LogP contribution in [-0.4, -0.2) is 55.9 Å². The Morgan fingerprint density at radius 2 is 1.76 bits per heavy atom. The topological polar surface area (TPSA) is 61.9 Å². The van der Waals surface area contributed by atoms with Gasteiger partial charge in [0.1, 0.15) is 6.61 Å². The van der Waals surface area contributed by atoms with E-state index in [9.17, 15) is 22.8 Å². The van der Waals surface area contributed by atoms with Crippen LogP contribution < -0.4 is 15.0 Å². The summed E-state index contributed by atoms with van der Waals surface area (Å²) < 4.78 is 45.8. The molecule has 1 saturated carbocycles. The van der Waals surface area contributed by atoms with Crippen LogP contribution in [0, 0.1) is 5.92 Å². The van der Waals surface area contributed by atoms with Crippen LogP contribution in [0.4, 0.5) is 18.9 Å². The van der Waals surface area contributed by atoms with Gasteiger partial charge in [0, 0.05) is 25.3 Å². The number of Topliss-reactive ketones (excluding diaryl/α,β-unsaturated/α-hetero) is 1. The number of fused-ring (bicyclic) bond motifs is 1. The first kappa shape index (κ1) is 27.7. The van der Waals surface area contributed by atoms with Gasteiger partial charge < -0.3 is 19.9 Å². The molecule has 1 N–H and O–H groups in total. The zero-order valence-electron chi connectivity index (χ0n) is 23.4. The number of likely N-dealkylation sites (N-methyl/N-ethyl adjacent to an activating group) is 1. The Morgan fingerprint density at radius 3 is 2.49 bits per heavy atom. The number of halogens is 3. The van der Waals surface area contributed by atoms with Crippen LogP contribution in [0.1, 0.15) is 67.3 Å². The van der Waals surface area contributed by atoms with Gasteiger partial charge in [0.25, 0.3) is 5.91 Å². The second kappa shape index (κ2) is 11.1. The zero-order chi connectivity index (χ0) is 28.7. The van der Waals surface area contributed by atoms with Gasteiger partial charge in [-0.05, 0) is 79.5 Å². The molecule has 0 radical (unpaired) electrons. The number of amides is 1. The van der Waals surface area contributed by atoms with E-state index in [2.05, 4.69) is 10.2 Å². The van der Waals surface area contributed by atoms with E-state index < -0.39 is 11.7 Å². The van der Waals surface area contributed by atoms with Crippen LogP contribution in [0.5, 0.6) is 5.75 Å². The van der Waals surface area contributed by atoms with Crippen LogP contribution in [0.3, 0.4) is 0 Å². The standard InChI is InChI=1S/C32H36F3N3O3/c1-37-19-29(39)26(24-8-4-5-9-27(24)37)18-36-31(40)25-16-21(20-10-12-22(13-11-20)32(33,34)35)17-28-30(25)41-15-14-38(28)23-6-2-3-7-23/h10-13,16-17,23,26H,2-9,14-15,18-19H2,1H3,(H,36,40). The van der Waals surface area contributed by atoms with Crippen molar-refractivity contribution < 1.29 is 27.5 Å². The predicted molar refractivity (Wildman–Crippen MR) is 151 cm³/mol. The number of carbonyl (C=O) groups is 2. The highest BCUT2D eigenvalue weighted by atomic mass is 19.4. The summed E-state index contributed by atoms with van der Waals surface area (Å²) in [6, 6.07) is 9.02. The average Bonchev–Trinajstić information content (AvgIpc) is 3.50. The van der Waals surface area contributed by atoms with Gasteiger partial charge in [0.15, 0.2) is 11.5 Å². The lowest BCUT2D eigenvalue weighted by molar-refractivity contribution is -0.137. The molecule has 2 aliphatic heterocycles. The summed E-state index contributed by atoms with van der Waals surface area (Å²) in [5.41, 5.74) is 4.05. The Labute approximate surface area is 238 Å². The first-order chi connectivity index (χ1) is 19.7. The molecule has 2 aliphatic carbocycles. The number of alkyl halides is 3. The van der Waals surface area contributed by atoms with Crippen LogP contribution in [0.25, 0.3) is 11.1 Å². The second-order valence-corrected chi connectivity index (χ2v) is 11.7. The molecule has 0 spiro atoms. The van der Waals surface area contributed by atoms with E-state index in [1.165, 1.54) is 17.8 Å². The highest BCUT2D eigenvalue weighted by Gasteiger charge is 2.35. The molecule has 1 unspecified atom stereocenters. The summed E-state index contributed by atoms with van der Waals surface area (Å²) in [5, 5.41) is 3.03. The van der Waals surface area contributed by atoms with Crippen molar-refractivity contribution in [2.45, 2.75) is 63.6 Å². The molecule has 9 heteroatoms. The quantitative estimate of drug-likeness (QED) is 0.466. The van der Waals surface area contributed by atoms with E-state index in [1.54, 1.807) is 6.07 Å². The Hall–Kier alpha value is -3.49. The minimum absolute atomic E-state index is 0.109. The van der Waals surface area contributed by atoms with Crippen molar-refractivity contribution in [3.8, 4) is 16.9 Å². The number of nitrogens with one attached hydrogen (secondary N) is 1. The number of benzene rings is 2. The Kier molecular flexibility index (Phi) is 7.47. The molecule has 4 aliphatic rings. The number of anilines is 1. The number of rotatable bonds is 5. The number of ketones is 1. The van der Waals surface area contributed by atoms with E-state index in [-0.39, 0.29) is 24.2 Å². The smallest absolute Gasteiger partial charge is 0.416 e. The number of allylic oxidation sites excluding steroid dienone is 1. The van der Waals surface area contributed by atoms with Crippen LogP contribution >= 0.6 is 0 Å². The molecule has 1 fully saturated rings. The largest absolute Gasteiger partial charge is 0.489 e. The maximum atomic E-state index is 13.8. The number of hydrogen-bond acceptors (Lipinski definition) is 5. The molecule has 1 amide bonds. The molecular formula is C32H36F3N3O3. The molecule has 6 rings (SSSR count). The molecule has 41 heavy (non-hydrogen) atoms. The van der Waals surface area contributed by atoms with E-state index in [0.29, 0.717) is 48.2 Å². The summed E-state index contributed by atoms with van der Waals surface area (Å²) in [4.78, 5) is 31.2. The van der Waals surface area contributed by atoms with Gasteiger partial charge in [-0.2, -0.15) is 13.2 Å². The minimum atomic E-state index is -4.43. The Balaban J connectivity index is 1.34. The molecule has 0 aromatic heterocycles. The molecular weight excluding hydrogens is 531 g/mol. The van der Waals surface area contributed by atoms with Crippen molar-refractivity contribution in [3.63, 3.8) is 0 Å². The maximum Gasteiger partial charge on any atom is 0.416 e. The Morgan fingerprint density at radius 1 is 1.02 bits per heavy atom.